The third-order valence-electron chi connectivity index (χ3n) is 3.95. The lowest BCUT2D eigenvalue weighted by molar-refractivity contribution is 0.185. The highest BCUT2D eigenvalue weighted by Gasteiger charge is 2.26. The second-order valence-corrected chi connectivity index (χ2v) is 6.10. The first kappa shape index (κ1) is 16.7. The van der Waals surface area contributed by atoms with Gasteiger partial charge in [-0.1, -0.05) is 41.9 Å². The Balaban J connectivity index is 2.64. The van der Waals surface area contributed by atoms with Crippen LogP contribution in [0.1, 0.15) is 32.3 Å². The van der Waals surface area contributed by atoms with Crippen molar-refractivity contribution in [3.05, 3.63) is 34.3 Å². The fourth-order valence-electron chi connectivity index (χ4n) is 2.42. The van der Waals surface area contributed by atoms with Crippen molar-refractivity contribution >= 4 is 15.9 Å². The molecule has 0 aliphatic rings. The van der Waals surface area contributed by atoms with Gasteiger partial charge < -0.3 is 10.1 Å². The Bertz CT molecular complexity index is 364. The van der Waals surface area contributed by atoms with Gasteiger partial charge in [-0.2, -0.15) is 0 Å². The number of nitrogens with one attached hydrogen (secondary N) is 1. The first-order valence-corrected chi connectivity index (χ1v) is 7.89. The van der Waals surface area contributed by atoms with Crippen molar-refractivity contribution in [2.45, 2.75) is 33.1 Å². The monoisotopic (exact) mass is 327 g/mol. The Hall–Kier alpha value is -0.380. The second kappa shape index (κ2) is 8.72. The minimum atomic E-state index is 0.342. The van der Waals surface area contributed by atoms with Crippen LogP contribution in [0.5, 0.6) is 0 Å². The molecule has 1 aromatic carbocycles. The minimum absolute atomic E-state index is 0.342. The molecule has 19 heavy (non-hydrogen) atoms. The summed E-state index contributed by atoms with van der Waals surface area (Å²) in [6.07, 6.45) is 3.51. The molecule has 0 bridgehead atoms. The van der Waals surface area contributed by atoms with Gasteiger partial charge in [0.05, 0.1) is 6.61 Å². The summed E-state index contributed by atoms with van der Waals surface area (Å²) in [7, 11) is 1.75. The average Bonchev–Trinajstić information content (AvgIpc) is 2.42. The van der Waals surface area contributed by atoms with Gasteiger partial charge in [0.15, 0.2) is 0 Å². The van der Waals surface area contributed by atoms with E-state index >= 15 is 0 Å². The van der Waals surface area contributed by atoms with Crippen molar-refractivity contribution in [1.29, 1.82) is 0 Å². The summed E-state index contributed by atoms with van der Waals surface area (Å²) < 4.78 is 6.25. The van der Waals surface area contributed by atoms with Gasteiger partial charge in [0.2, 0.25) is 0 Å². The van der Waals surface area contributed by atoms with Crippen molar-refractivity contribution in [3.63, 3.8) is 0 Å². The van der Waals surface area contributed by atoms with Gasteiger partial charge in [-0.3, -0.25) is 0 Å². The van der Waals surface area contributed by atoms with E-state index in [1.54, 1.807) is 7.11 Å². The van der Waals surface area contributed by atoms with Crippen molar-refractivity contribution < 1.29 is 4.74 Å². The molecule has 0 radical (unpaired) electrons. The van der Waals surface area contributed by atoms with Crippen LogP contribution in [0.25, 0.3) is 0 Å². The highest BCUT2D eigenvalue weighted by molar-refractivity contribution is 9.10. The molecule has 0 aliphatic carbocycles. The summed E-state index contributed by atoms with van der Waals surface area (Å²) in [6.45, 7) is 7.34. The third kappa shape index (κ3) is 5.64. The van der Waals surface area contributed by atoms with Crippen molar-refractivity contribution in [1.82, 2.24) is 5.32 Å². The molecule has 0 atom stereocenters. The van der Waals surface area contributed by atoms with Gasteiger partial charge >= 0.3 is 0 Å². The van der Waals surface area contributed by atoms with Crippen LogP contribution in [0.15, 0.2) is 28.7 Å². The van der Waals surface area contributed by atoms with Crippen LogP contribution in [-0.2, 0) is 11.2 Å². The zero-order valence-electron chi connectivity index (χ0n) is 12.3. The highest BCUT2D eigenvalue weighted by atomic mass is 79.9. The number of hydrogen-bond acceptors (Lipinski definition) is 2. The maximum Gasteiger partial charge on any atom is 0.0587 e. The van der Waals surface area contributed by atoms with Gasteiger partial charge in [-0.05, 0) is 42.4 Å². The molecule has 0 amide bonds. The predicted octanol–water partition coefficient (Wildman–Crippen LogP) is 4.03. The first-order chi connectivity index (χ1) is 9.15. The maximum atomic E-state index is 5.09. The summed E-state index contributed by atoms with van der Waals surface area (Å²) in [5.41, 5.74) is 1.75. The molecule has 0 unspecified atom stereocenters. The average molecular weight is 328 g/mol. The van der Waals surface area contributed by atoms with E-state index in [4.69, 9.17) is 4.74 Å². The van der Waals surface area contributed by atoms with E-state index in [1.807, 2.05) is 0 Å². The van der Waals surface area contributed by atoms with E-state index in [-0.39, 0.29) is 0 Å². The molecule has 3 heteroatoms. The van der Waals surface area contributed by atoms with Gasteiger partial charge in [-0.25, -0.2) is 0 Å². The predicted molar refractivity (Wildman–Crippen MR) is 85.6 cm³/mol. The van der Waals surface area contributed by atoms with E-state index in [9.17, 15) is 0 Å². The number of hydrogen-bond donors (Lipinski definition) is 1. The number of rotatable bonds is 9. The highest BCUT2D eigenvalue weighted by Crippen LogP contribution is 2.31. The Morgan fingerprint density at radius 2 is 2.00 bits per heavy atom. The number of benzene rings is 1. The fourth-order valence-corrected chi connectivity index (χ4v) is 2.87. The standard InChI is InChI=1S/C16H26BrNO/c1-4-16(5-2,13-18-9-10-19-3)12-14-7-6-8-15(17)11-14/h6-8,11,18H,4-5,9-10,12-13H2,1-3H3. The number of methoxy groups -OCH3 is 1. The summed E-state index contributed by atoms with van der Waals surface area (Å²) in [5, 5.41) is 3.53. The lowest BCUT2D eigenvalue weighted by Gasteiger charge is -2.32. The Labute approximate surface area is 126 Å². The van der Waals surface area contributed by atoms with Gasteiger partial charge in [0.1, 0.15) is 0 Å². The molecule has 0 spiro atoms. The molecule has 0 heterocycles. The maximum absolute atomic E-state index is 5.09. The Kier molecular flexibility index (Phi) is 7.66. The van der Waals surface area contributed by atoms with Crippen LogP contribution in [0, 0.1) is 5.41 Å². The number of ether oxygens (including phenoxy) is 1. The fraction of sp³-hybridized carbons (Fsp3) is 0.625. The van der Waals surface area contributed by atoms with Gasteiger partial charge in [0, 0.05) is 24.7 Å². The Morgan fingerprint density at radius 1 is 1.26 bits per heavy atom. The quantitative estimate of drug-likeness (QED) is 0.691. The Morgan fingerprint density at radius 3 is 2.58 bits per heavy atom. The second-order valence-electron chi connectivity index (χ2n) is 5.18. The van der Waals surface area contributed by atoms with Crippen LogP contribution in [0.3, 0.4) is 0 Å². The van der Waals surface area contributed by atoms with Crippen LogP contribution >= 0.6 is 15.9 Å². The van der Waals surface area contributed by atoms with Gasteiger partial charge in [0.25, 0.3) is 0 Å². The van der Waals surface area contributed by atoms with Crippen LogP contribution in [0.2, 0.25) is 0 Å². The molecule has 1 N–H and O–H groups in total. The molecule has 0 saturated heterocycles. The molecule has 2 nitrogen and oxygen atoms in total. The van der Waals surface area contributed by atoms with E-state index in [0.717, 1.165) is 26.1 Å². The topological polar surface area (TPSA) is 21.3 Å². The molecule has 0 aliphatic heterocycles. The molecule has 0 fully saturated rings. The van der Waals surface area contributed by atoms with Crippen LogP contribution in [-0.4, -0.2) is 26.8 Å². The molecule has 1 aromatic rings. The van der Waals surface area contributed by atoms with Crippen LogP contribution in [0.4, 0.5) is 0 Å². The lowest BCUT2D eigenvalue weighted by atomic mass is 9.77. The molecular weight excluding hydrogens is 302 g/mol. The van der Waals surface area contributed by atoms with E-state index < -0.39 is 0 Å². The lowest BCUT2D eigenvalue weighted by Crippen LogP contribution is -2.36. The summed E-state index contributed by atoms with van der Waals surface area (Å²) in [4.78, 5) is 0. The van der Waals surface area contributed by atoms with Crippen molar-refractivity contribution in [2.75, 3.05) is 26.8 Å². The molecule has 108 valence electrons. The molecule has 1 rings (SSSR count). The van der Waals surface area contributed by atoms with Gasteiger partial charge in [-0.15, -0.1) is 0 Å². The molecule has 0 aromatic heterocycles. The summed E-state index contributed by atoms with van der Waals surface area (Å²) in [6, 6.07) is 8.66. The normalized spacial score (nSPS) is 11.8. The van der Waals surface area contributed by atoms with Crippen molar-refractivity contribution in [3.8, 4) is 0 Å². The smallest absolute Gasteiger partial charge is 0.0587 e. The first-order valence-electron chi connectivity index (χ1n) is 7.10. The largest absolute Gasteiger partial charge is 0.383 e. The number of halogens is 1. The zero-order valence-corrected chi connectivity index (χ0v) is 13.9. The zero-order chi connectivity index (χ0) is 14.1. The van der Waals surface area contributed by atoms with Crippen LogP contribution < -0.4 is 5.32 Å². The molecular formula is C16H26BrNO. The van der Waals surface area contributed by atoms with E-state index in [0.29, 0.717) is 5.41 Å². The minimum Gasteiger partial charge on any atom is -0.383 e. The third-order valence-corrected chi connectivity index (χ3v) is 4.44. The SMILES string of the molecule is CCC(CC)(CNCCOC)Cc1cccc(Br)c1. The summed E-state index contributed by atoms with van der Waals surface area (Å²) >= 11 is 3.55. The van der Waals surface area contributed by atoms with E-state index in [2.05, 4.69) is 59.4 Å². The molecule has 0 saturated carbocycles. The van der Waals surface area contributed by atoms with E-state index in [1.165, 1.54) is 22.9 Å². The summed E-state index contributed by atoms with van der Waals surface area (Å²) in [5.74, 6) is 0. The van der Waals surface area contributed by atoms with Crippen molar-refractivity contribution in [2.24, 2.45) is 5.41 Å².